The first-order valence-corrected chi connectivity index (χ1v) is 11.1. The summed E-state index contributed by atoms with van der Waals surface area (Å²) in [4.78, 5) is 29.8. The van der Waals surface area contributed by atoms with Crippen LogP contribution in [0.25, 0.3) is 0 Å². The van der Waals surface area contributed by atoms with Crippen LogP contribution in [0.4, 0.5) is 4.39 Å². The van der Waals surface area contributed by atoms with Gasteiger partial charge in [-0.25, -0.2) is 4.39 Å². The lowest BCUT2D eigenvalue weighted by Gasteiger charge is -2.41. The monoisotopic (exact) mass is 403 g/mol. The lowest BCUT2D eigenvalue weighted by atomic mass is 9.94. The fourth-order valence-electron chi connectivity index (χ4n) is 4.48. The molecule has 0 radical (unpaired) electrons. The van der Waals surface area contributed by atoms with E-state index in [1.165, 1.54) is 25.0 Å². The Hall–Kier alpha value is -1.95. The van der Waals surface area contributed by atoms with E-state index in [0.717, 1.165) is 25.8 Å². The Bertz CT molecular complexity index is 697. The minimum absolute atomic E-state index is 0.104. The van der Waals surface area contributed by atoms with E-state index in [-0.39, 0.29) is 17.9 Å². The molecule has 1 saturated carbocycles. The number of hydrogen-bond acceptors (Lipinski definition) is 3. The summed E-state index contributed by atoms with van der Waals surface area (Å²) in [6.45, 7) is 7.50. The minimum atomic E-state index is -0.395. The number of carbonyl (C=O) groups excluding carboxylic acids is 2. The van der Waals surface area contributed by atoms with Crippen molar-refractivity contribution >= 4 is 11.8 Å². The molecule has 2 fully saturated rings. The number of piperazine rings is 1. The largest absolute Gasteiger partial charge is 0.354 e. The number of rotatable bonds is 7. The molecule has 2 amide bonds. The highest BCUT2D eigenvalue weighted by Gasteiger charge is 2.37. The Kier molecular flexibility index (Phi) is 7.64. The zero-order valence-electron chi connectivity index (χ0n) is 17.7. The van der Waals surface area contributed by atoms with Gasteiger partial charge in [0.2, 0.25) is 5.91 Å². The second-order valence-electron chi connectivity index (χ2n) is 8.59. The van der Waals surface area contributed by atoms with Crippen LogP contribution >= 0.6 is 0 Å². The molecule has 0 bridgehead atoms. The molecule has 2 atom stereocenters. The number of benzene rings is 1. The van der Waals surface area contributed by atoms with E-state index in [1.54, 1.807) is 17.0 Å². The van der Waals surface area contributed by atoms with Gasteiger partial charge in [-0.15, -0.1) is 0 Å². The van der Waals surface area contributed by atoms with E-state index >= 15 is 0 Å². The molecule has 0 unspecified atom stereocenters. The molecule has 0 aromatic heterocycles. The van der Waals surface area contributed by atoms with E-state index < -0.39 is 5.82 Å². The van der Waals surface area contributed by atoms with Gasteiger partial charge < -0.3 is 10.2 Å². The number of carbonyl (C=O) groups is 2. The third kappa shape index (κ3) is 5.56. The van der Waals surface area contributed by atoms with Gasteiger partial charge in [-0.1, -0.05) is 39.2 Å². The van der Waals surface area contributed by atoms with Gasteiger partial charge in [-0.05, 0) is 42.9 Å². The third-order valence-corrected chi connectivity index (χ3v) is 6.50. The van der Waals surface area contributed by atoms with Gasteiger partial charge in [0.05, 0.1) is 6.04 Å². The van der Waals surface area contributed by atoms with Crippen molar-refractivity contribution in [3.8, 4) is 0 Å². The highest BCUT2D eigenvalue weighted by atomic mass is 19.1. The number of nitrogens with one attached hydrogen (secondary N) is 1. The fraction of sp³-hybridized carbons (Fsp3) is 0.652. The third-order valence-electron chi connectivity index (χ3n) is 6.50. The van der Waals surface area contributed by atoms with Gasteiger partial charge in [0, 0.05) is 38.3 Å². The average molecular weight is 404 g/mol. The summed E-state index contributed by atoms with van der Waals surface area (Å²) >= 11 is 0. The van der Waals surface area contributed by atoms with Gasteiger partial charge in [0.25, 0.3) is 5.91 Å². The van der Waals surface area contributed by atoms with Gasteiger partial charge in [0.1, 0.15) is 5.82 Å². The van der Waals surface area contributed by atoms with Crippen LogP contribution in [0.5, 0.6) is 0 Å². The van der Waals surface area contributed by atoms with Crippen molar-refractivity contribution in [1.29, 1.82) is 0 Å². The normalized spacial score (nSPS) is 20.4. The summed E-state index contributed by atoms with van der Waals surface area (Å²) in [6, 6.07) is 5.75. The maximum atomic E-state index is 13.5. The molecule has 1 aliphatic heterocycles. The van der Waals surface area contributed by atoms with E-state index in [9.17, 15) is 14.0 Å². The maximum absolute atomic E-state index is 13.5. The predicted molar refractivity (Wildman–Crippen MR) is 112 cm³/mol. The van der Waals surface area contributed by atoms with E-state index in [1.807, 2.05) is 0 Å². The summed E-state index contributed by atoms with van der Waals surface area (Å²) in [5, 5.41) is 3.17. The molecular weight excluding hydrogens is 369 g/mol. The molecule has 0 spiro atoms. The van der Waals surface area contributed by atoms with Gasteiger partial charge in [-0.2, -0.15) is 0 Å². The summed E-state index contributed by atoms with van der Waals surface area (Å²) in [7, 11) is 0. The Morgan fingerprint density at radius 1 is 1.17 bits per heavy atom. The topological polar surface area (TPSA) is 52.7 Å². The van der Waals surface area contributed by atoms with Gasteiger partial charge in [-0.3, -0.25) is 14.5 Å². The fourth-order valence-corrected chi connectivity index (χ4v) is 4.48. The van der Waals surface area contributed by atoms with Crippen LogP contribution in [-0.4, -0.2) is 60.4 Å². The van der Waals surface area contributed by atoms with Gasteiger partial charge >= 0.3 is 0 Å². The van der Waals surface area contributed by atoms with E-state index in [0.29, 0.717) is 43.6 Å². The molecule has 1 aliphatic carbocycles. The Morgan fingerprint density at radius 2 is 1.86 bits per heavy atom. The molecule has 6 heteroatoms. The molecule has 1 aromatic carbocycles. The highest BCUT2D eigenvalue weighted by molar-refractivity contribution is 5.94. The molecule has 3 rings (SSSR count). The molecular formula is C23H34FN3O2. The van der Waals surface area contributed by atoms with Crippen molar-refractivity contribution in [2.45, 2.75) is 52.0 Å². The van der Waals surface area contributed by atoms with Crippen LogP contribution < -0.4 is 5.32 Å². The van der Waals surface area contributed by atoms with Crippen LogP contribution in [0.15, 0.2) is 24.3 Å². The van der Waals surface area contributed by atoms with Crippen molar-refractivity contribution < 1.29 is 14.0 Å². The summed E-state index contributed by atoms with van der Waals surface area (Å²) in [5.74, 6) is 0.486. The molecule has 1 heterocycles. The Balaban J connectivity index is 1.61. The van der Waals surface area contributed by atoms with Crippen molar-refractivity contribution in [3.05, 3.63) is 35.6 Å². The number of nitrogens with zero attached hydrogens (tertiary/aromatic N) is 2. The maximum Gasteiger partial charge on any atom is 0.254 e. The molecule has 5 nitrogen and oxygen atoms in total. The SMILES string of the molecule is CC[C@H](C)CNC(=O)[C@@H](C1CCCC1)N1CCN(C(=O)c2cccc(F)c2)CC1. The van der Waals surface area contributed by atoms with E-state index in [4.69, 9.17) is 0 Å². The van der Waals surface area contributed by atoms with Crippen LogP contribution in [0.3, 0.4) is 0 Å². The molecule has 29 heavy (non-hydrogen) atoms. The quantitative estimate of drug-likeness (QED) is 0.760. The Labute approximate surface area is 173 Å². The molecule has 1 aromatic rings. The second-order valence-corrected chi connectivity index (χ2v) is 8.59. The minimum Gasteiger partial charge on any atom is -0.354 e. The Morgan fingerprint density at radius 3 is 2.48 bits per heavy atom. The summed E-state index contributed by atoms with van der Waals surface area (Å²) in [6.07, 6.45) is 5.64. The molecule has 1 saturated heterocycles. The van der Waals surface area contributed by atoms with Crippen molar-refractivity contribution in [2.24, 2.45) is 11.8 Å². The van der Waals surface area contributed by atoms with E-state index in [2.05, 4.69) is 24.1 Å². The van der Waals surface area contributed by atoms with Gasteiger partial charge in [0.15, 0.2) is 0 Å². The smallest absolute Gasteiger partial charge is 0.254 e. The predicted octanol–water partition coefficient (Wildman–Crippen LogP) is 3.30. The summed E-state index contributed by atoms with van der Waals surface area (Å²) in [5.41, 5.74) is 0.386. The molecule has 2 aliphatic rings. The van der Waals surface area contributed by atoms with Crippen molar-refractivity contribution in [3.63, 3.8) is 0 Å². The molecule has 160 valence electrons. The van der Waals surface area contributed by atoms with Crippen molar-refractivity contribution in [2.75, 3.05) is 32.7 Å². The first-order valence-electron chi connectivity index (χ1n) is 11.1. The summed E-state index contributed by atoms with van der Waals surface area (Å²) < 4.78 is 13.5. The first-order chi connectivity index (χ1) is 14.0. The highest BCUT2D eigenvalue weighted by Crippen LogP contribution is 2.31. The lowest BCUT2D eigenvalue weighted by molar-refractivity contribution is -0.129. The number of hydrogen-bond donors (Lipinski definition) is 1. The molecule has 1 N–H and O–H groups in total. The first kappa shape index (κ1) is 21.8. The average Bonchev–Trinajstić information content (AvgIpc) is 3.26. The number of halogens is 1. The van der Waals surface area contributed by atoms with Crippen LogP contribution in [0.1, 0.15) is 56.3 Å². The van der Waals surface area contributed by atoms with Crippen LogP contribution in [0, 0.1) is 17.7 Å². The number of amides is 2. The standard InChI is InChI=1S/C23H34FN3O2/c1-3-17(2)16-25-22(28)21(18-7-4-5-8-18)26-11-13-27(14-12-26)23(29)19-9-6-10-20(24)15-19/h6,9-10,15,17-18,21H,3-5,7-8,11-14,16H2,1-2H3,(H,25,28)/t17-,21+/m0/s1. The lowest BCUT2D eigenvalue weighted by Crippen LogP contribution is -2.58. The zero-order valence-corrected chi connectivity index (χ0v) is 17.7. The van der Waals surface area contributed by atoms with Crippen LogP contribution in [-0.2, 0) is 4.79 Å². The van der Waals surface area contributed by atoms with Crippen LogP contribution in [0.2, 0.25) is 0 Å². The zero-order chi connectivity index (χ0) is 20.8. The van der Waals surface area contributed by atoms with Crippen molar-refractivity contribution in [1.82, 2.24) is 15.1 Å². The second kappa shape index (κ2) is 10.2.